The van der Waals surface area contributed by atoms with Gasteiger partial charge in [0.1, 0.15) is 0 Å². The van der Waals surface area contributed by atoms with Gasteiger partial charge in [0.15, 0.2) is 0 Å². The smallest absolute Gasteiger partial charge is 0.244 e. The molecule has 0 aliphatic rings. The Kier molecular flexibility index (Phi) is 8.65. The van der Waals surface area contributed by atoms with E-state index in [1.807, 2.05) is 51.1 Å². The summed E-state index contributed by atoms with van der Waals surface area (Å²) in [5, 5.41) is 3.63. The molecule has 8 heteroatoms. The Morgan fingerprint density at radius 3 is 2.17 bits per heavy atom. The fourth-order valence-corrected chi connectivity index (χ4v) is 6.43. The highest BCUT2D eigenvalue weighted by atomic mass is 35.5. The summed E-state index contributed by atoms with van der Waals surface area (Å²) < 4.78 is 29.0. The van der Waals surface area contributed by atoms with Crippen LogP contribution < -0.4 is 5.32 Å². The van der Waals surface area contributed by atoms with Gasteiger partial charge >= 0.3 is 0 Å². The highest BCUT2D eigenvalue weighted by Gasteiger charge is 2.30. The topological polar surface area (TPSA) is 66.5 Å². The van der Waals surface area contributed by atoms with E-state index in [0.717, 1.165) is 28.8 Å². The number of para-hydroxylation sites is 1. The molecule has 3 aromatic rings. The van der Waals surface area contributed by atoms with Crippen LogP contribution in [-0.2, 0) is 27.8 Å². The van der Waals surface area contributed by atoms with Crippen molar-refractivity contribution in [2.24, 2.45) is 0 Å². The number of carbonyl (C=O) groups is 1. The summed E-state index contributed by atoms with van der Waals surface area (Å²) in [7, 11) is -4.02. The van der Waals surface area contributed by atoms with Crippen LogP contribution in [0.25, 0.3) is 0 Å². The molecule has 186 valence electrons. The Morgan fingerprint density at radius 2 is 1.57 bits per heavy atom. The summed E-state index contributed by atoms with van der Waals surface area (Å²) in [5.74, 6) is -0.417. The van der Waals surface area contributed by atoms with Crippen LogP contribution in [-0.4, -0.2) is 25.2 Å². The lowest BCUT2D eigenvalue weighted by Gasteiger charge is -2.25. The summed E-state index contributed by atoms with van der Waals surface area (Å²) >= 11 is 12.2. The number of benzene rings is 3. The van der Waals surface area contributed by atoms with E-state index in [1.54, 1.807) is 32.0 Å². The average molecular weight is 534 g/mol. The van der Waals surface area contributed by atoms with Crippen LogP contribution in [0.3, 0.4) is 0 Å². The third kappa shape index (κ3) is 6.25. The van der Waals surface area contributed by atoms with Gasteiger partial charge in [-0.2, -0.15) is 4.31 Å². The van der Waals surface area contributed by atoms with Crippen molar-refractivity contribution in [2.45, 2.75) is 52.5 Å². The number of hydrogen-bond acceptors (Lipinski definition) is 3. The zero-order valence-corrected chi connectivity index (χ0v) is 22.9. The summed E-state index contributed by atoms with van der Waals surface area (Å²) in [5.41, 5.74) is 5.49. The third-order valence-electron chi connectivity index (χ3n) is 5.87. The van der Waals surface area contributed by atoms with Crippen LogP contribution in [0, 0.1) is 27.7 Å². The Balaban J connectivity index is 2.02. The molecule has 5 nitrogen and oxygen atoms in total. The Morgan fingerprint density at radius 1 is 0.914 bits per heavy atom. The lowest BCUT2D eigenvalue weighted by atomic mass is 10.1. The highest BCUT2D eigenvalue weighted by Crippen LogP contribution is 2.29. The molecule has 0 aliphatic heterocycles. The molecule has 0 saturated heterocycles. The fraction of sp³-hybridized carbons (Fsp3) is 0.296. The van der Waals surface area contributed by atoms with Crippen molar-refractivity contribution < 1.29 is 13.2 Å². The largest absolute Gasteiger partial charge is 0.324 e. The van der Waals surface area contributed by atoms with Crippen molar-refractivity contribution in [3.05, 3.63) is 92.0 Å². The maximum atomic E-state index is 13.9. The summed E-state index contributed by atoms with van der Waals surface area (Å²) in [6.07, 6.45) is 0.740. The average Bonchev–Trinajstić information content (AvgIpc) is 2.76. The standard InChI is InChI=1S/C27H30Cl2N2O3S/c1-6-22-9-7-8-18(3)26(22)30-25(32)16-31(15-21-10-11-23(28)24(29)14-21)35(33,34)27-19(4)12-17(2)13-20(27)5/h7-14H,6,15-16H2,1-5H3,(H,30,32). The number of anilines is 1. The van der Waals surface area contributed by atoms with Crippen molar-refractivity contribution >= 4 is 44.8 Å². The lowest BCUT2D eigenvalue weighted by Crippen LogP contribution is -2.38. The van der Waals surface area contributed by atoms with Crippen LogP contribution in [0.1, 0.15) is 40.3 Å². The molecule has 1 N–H and O–H groups in total. The van der Waals surface area contributed by atoms with Gasteiger partial charge in [-0.1, -0.05) is 72.1 Å². The van der Waals surface area contributed by atoms with Crippen LogP contribution in [0.2, 0.25) is 10.0 Å². The molecule has 0 saturated carbocycles. The van der Waals surface area contributed by atoms with E-state index in [9.17, 15) is 13.2 Å². The Labute approximate surface area is 218 Å². The molecule has 0 unspecified atom stereocenters. The second-order valence-electron chi connectivity index (χ2n) is 8.76. The van der Waals surface area contributed by atoms with Crippen molar-refractivity contribution in [1.82, 2.24) is 4.31 Å². The first-order valence-electron chi connectivity index (χ1n) is 11.3. The summed E-state index contributed by atoms with van der Waals surface area (Å²) in [6.45, 7) is 8.99. The van der Waals surface area contributed by atoms with Gasteiger partial charge in [-0.3, -0.25) is 4.79 Å². The zero-order chi connectivity index (χ0) is 25.9. The number of sulfonamides is 1. The Hall–Kier alpha value is -2.38. The minimum Gasteiger partial charge on any atom is -0.324 e. The van der Waals surface area contributed by atoms with Gasteiger partial charge in [0.25, 0.3) is 0 Å². The minimum atomic E-state index is -4.02. The number of aryl methyl sites for hydroxylation is 5. The van der Waals surface area contributed by atoms with E-state index in [2.05, 4.69) is 5.32 Å². The van der Waals surface area contributed by atoms with Gasteiger partial charge in [-0.25, -0.2) is 8.42 Å². The first-order valence-corrected chi connectivity index (χ1v) is 13.5. The summed E-state index contributed by atoms with van der Waals surface area (Å²) in [6, 6.07) is 14.4. The fourth-order valence-electron chi connectivity index (χ4n) is 4.31. The van der Waals surface area contributed by atoms with Crippen LogP contribution in [0.4, 0.5) is 5.69 Å². The number of amides is 1. The summed E-state index contributed by atoms with van der Waals surface area (Å²) in [4.78, 5) is 13.4. The lowest BCUT2D eigenvalue weighted by molar-refractivity contribution is -0.116. The molecule has 0 aromatic heterocycles. The van der Waals surface area contributed by atoms with E-state index < -0.39 is 15.9 Å². The van der Waals surface area contributed by atoms with Crippen molar-refractivity contribution in [3.63, 3.8) is 0 Å². The highest BCUT2D eigenvalue weighted by molar-refractivity contribution is 7.89. The quantitative estimate of drug-likeness (QED) is 0.354. The van der Waals surface area contributed by atoms with Gasteiger partial charge in [0.2, 0.25) is 15.9 Å². The number of halogens is 2. The van der Waals surface area contributed by atoms with E-state index in [4.69, 9.17) is 23.2 Å². The van der Waals surface area contributed by atoms with Gasteiger partial charge in [-0.15, -0.1) is 0 Å². The number of hydrogen-bond donors (Lipinski definition) is 1. The maximum absolute atomic E-state index is 13.9. The van der Waals surface area contributed by atoms with Gasteiger partial charge in [0.05, 0.1) is 21.5 Å². The van der Waals surface area contributed by atoms with Gasteiger partial charge in [-0.05, 0) is 74.1 Å². The third-order valence-corrected chi connectivity index (χ3v) is 8.71. The molecule has 3 rings (SSSR count). The van der Waals surface area contributed by atoms with E-state index in [1.165, 1.54) is 4.31 Å². The van der Waals surface area contributed by atoms with E-state index >= 15 is 0 Å². The first kappa shape index (κ1) is 27.2. The molecule has 0 spiro atoms. The second-order valence-corrected chi connectivity index (χ2v) is 11.4. The normalized spacial score (nSPS) is 11.7. The van der Waals surface area contributed by atoms with E-state index in [-0.39, 0.29) is 18.0 Å². The van der Waals surface area contributed by atoms with E-state index in [0.29, 0.717) is 26.7 Å². The van der Waals surface area contributed by atoms with Crippen molar-refractivity contribution in [1.29, 1.82) is 0 Å². The molecule has 0 radical (unpaired) electrons. The predicted octanol–water partition coefficient (Wildman–Crippen LogP) is 6.62. The molecule has 0 aliphatic carbocycles. The number of rotatable bonds is 8. The van der Waals surface area contributed by atoms with Gasteiger partial charge in [0, 0.05) is 12.2 Å². The molecule has 0 atom stereocenters. The molecular formula is C27H30Cl2N2O3S. The first-order chi connectivity index (χ1) is 16.4. The number of nitrogens with one attached hydrogen (secondary N) is 1. The molecule has 35 heavy (non-hydrogen) atoms. The zero-order valence-electron chi connectivity index (χ0n) is 20.6. The molecule has 3 aromatic carbocycles. The maximum Gasteiger partial charge on any atom is 0.244 e. The van der Waals surface area contributed by atoms with Crippen LogP contribution in [0.15, 0.2) is 53.4 Å². The molecule has 1 amide bonds. The van der Waals surface area contributed by atoms with Crippen molar-refractivity contribution in [3.8, 4) is 0 Å². The monoisotopic (exact) mass is 532 g/mol. The Bertz CT molecular complexity index is 1350. The molecule has 0 heterocycles. The molecule has 0 fully saturated rings. The van der Waals surface area contributed by atoms with Gasteiger partial charge < -0.3 is 5.32 Å². The molecular weight excluding hydrogens is 503 g/mol. The number of carbonyl (C=O) groups excluding carboxylic acids is 1. The second kappa shape index (κ2) is 11.1. The molecule has 0 bridgehead atoms. The van der Waals surface area contributed by atoms with Crippen molar-refractivity contribution in [2.75, 3.05) is 11.9 Å². The predicted molar refractivity (Wildman–Crippen MR) is 144 cm³/mol. The van der Waals surface area contributed by atoms with Crippen LogP contribution in [0.5, 0.6) is 0 Å². The number of nitrogens with zero attached hydrogens (tertiary/aromatic N) is 1. The SMILES string of the molecule is CCc1cccc(C)c1NC(=O)CN(Cc1ccc(Cl)c(Cl)c1)S(=O)(=O)c1c(C)cc(C)cc1C. The van der Waals surface area contributed by atoms with Crippen LogP contribution >= 0.6 is 23.2 Å². The minimum absolute atomic E-state index is 0.0339.